The van der Waals surface area contributed by atoms with Crippen molar-refractivity contribution in [3.8, 4) is 23.0 Å². The lowest BCUT2D eigenvalue weighted by Gasteiger charge is -2.19. The van der Waals surface area contributed by atoms with Gasteiger partial charge in [-0.25, -0.2) is 4.79 Å². The lowest BCUT2D eigenvalue weighted by Crippen LogP contribution is -2.41. The third-order valence-corrected chi connectivity index (χ3v) is 7.14. The number of fused-ring (bicyclic) bond motifs is 4. The molecule has 4 heterocycles. The summed E-state index contributed by atoms with van der Waals surface area (Å²) in [5, 5.41) is 5.60. The first-order valence-electron chi connectivity index (χ1n) is 11.1. The number of amides is 1. The molecule has 35 heavy (non-hydrogen) atoms. The van der Waals surface area contributed by atoms with Gasteiger partial charge >= 0.3 is 5.63 Å². The number of para-hydroxylation sites is 1. The fraction of sp³-hybridized carbons (Fsp3) is 0.231. The minimum absolute atomic E-state index is 0.0618. The Labute approximate surface area is 204 Å². The van der Waals surface area contributed by atoms with Gasteiger partial charge in [0.05, 0.1) is 24.0 Å². The van der Waals surface area contributed by atoms with E-state index < -0.39 is 17.6 Å². The van der Waals surface area contributed by atoms with E-state index in [0.717, 1.165) is 0 Å². The molecule has 1 amide bonds. The van der Waals surface area contributed by atoms with E-state index in [1.54, 1.807) is 35.6 Å². The summed E-state index contributed by atoms with van der Waals surface area (Å²) >= 11 is 1.64. The molecule has 0 aliphatic carbocycles. The van der Waals surface area contributed by atoms with Gasteiger partial charge < -0.3 is 28.7 Å². The number of thiophene rings is 1. The first-order valence-corrected chi connectivity index (χ1v) is 12.0. The molecule has 1 N–H and O–H groups in total. The standard InChI is InChI=1S/C26H21NO7S/c1-30-18-11-14(12-19-23(18)32-13-31-19)20-21-22(16-6-2-3-7-17(16)33-26(21)29)34-24(20)25(28)27-9-8-15-5-4-10-35-15/h2-7,10-12,20,24H,8-9,13H2,1H3,(H,27,28)/t20-,24-/m1/s1. The Kier molecular flexibility index (Phi) is 5.33. The summed E-state index contributed by atoms with van der Waals surface area (Å²) in [7, 11) is 1.52. The monoisotopic (exact) mass is 491 g/mol. The molecule has 0 saturated carbocycles. The molecule has 2 aromatic carbocycles. The van der Waals surface area contributed by atoms with Crippen molar-refractivity contribution >= 4 is 28.2 Å². The highest BCUT2D eigenvalue weighted by molar-refractivity contribution is 7.09. The van der Waals surface area contributed by atoms with Crippen LogP contribution in [0, 0.1) is 0 Å². The maximum atomic E-state index is 13.4. The number of benzene rings is 2. The van der Waals surface area contributed by atoms with E-state index in [-0.39, 0.29) is 12.7 Å². The SMILES string of the molecule is COc1cc([C@@H]2c3c(c4ccccc4oc3=O)O[C@H]2C(=O)NCCc2cccs2)cc2c1OCO2. The number of carbonyl (C=O) groups is 1. The molecule has 6 rings (SSSR count). The highest BCUT2D eigenvalue weighted by Crippen LogP contribution is 2.49. The van der Waals surface area contributed by atoms with Crippen LogP contribution in [0.3, 0.4) is 0 Å². The fourth-order valence-electron chi connectivity index (χ4n) is 4.62. The third kappa shape index (κ3) is 3.68. The maximum Gasteiger partial charge on any atom is 0.344 e. The number of carbonyl (C=O) groups excluding carboxylic acids is 1. The average Bonchev–Trinajstić information content (AvgIpc) is 3.63. The van der Waals surface area contributed by atoms with Gasteiger partial charge in [0, 0.05) is 11.4 Å². The number of rotatable bonds is 6. The topological polar surface area (TPSA) is 96.2 Å². The van der Waals surface area contributed by atoms with Gasteiger partial charge in [0.1, 0.15) is 11.3 Å². The van der Waals surface area contributed by atoms with Crippen molar-refractivity contribution in [1.82, 2.24) is 5.32 Å². The van der Waals surface area contributed by atoms with Gasteiger partial charge in [-0.05, 0) is 47.7 Å². The van der Waals surface area contributed by atoms with E-state index in [4.69, 9.17) is 23.4 Å². The Morgan fingerprint density at radius 2 is 2.03 bits per heavy atom. The minimum atomic E-state index is -0.980. The molecular weight excluding hydrogens is 470 g/mol. The molecule has 0 radical (unpaired) electrons. The second kappa shape index (κ2) is 8.66. The predicted octanol–water partition coefficient (Wildman–Crippen LogP) is 3.84. The third-order valence-electron chi connectivity index (χ3n) is 6.21. The van der Waals surface area contributed by atoms with Crippen LogP contribution in [0.4, 0.5) is 0 Å². The summed E-state index contributed by atoms with van der Waals surface area (Å²) in [6.07, 6.45) is -0.275. The predicted molar refractivity (Wildman–Crippen MR) is 129 cm³/mol. The summed E-state index contributed by atoms with van der Waals surface area (Å²) in [6.45, 7) is 0.508. The number of nitrogens with one attached hydrogen (secondary N) is 1. The van der Waals surface area contributed by atoms with Crippen LogP contribution in [0.25, 0.3) is 11.0 Å². The Balaban J connectivity index is 1.43. The number of methoxy groups -OCH3 is 1. The first-order chi connectivity index (χ1) is 17.1. The molecule has 8 nitrogen and oxygen atoms in total. The zero-order valence-electron chi connectivity index (χ0n) is 18.7. The van der Waals surface area contributed by atoms with Crippen LogP contribution in [0.15, 0.2) is 63.1 Å². The molecule has 9 heteroatoms. The lowest BCUT2D eigenvalue weighted by atomic mass is 9.87. The number of hydrogen-bond acceptors (Lipinski definition) is 8. The van der Waals surface area contributed by atoms with E-state index in [0.29, 0.717) is 58.1 Å². The Hall–Kier alpha value is -3.98. The lowest BCUT2D eigenvalue weighted by molar-refractivity contribution is -0.127. The average molecular weight is 492 g/mol. The molecule has 0 unspecified atom stereocenters. The van der Waals surface area contributed by atoms with Crippen LogP contribution in [-0.4, -0.2) is 32.5 Å². The van der Waals surface area contributed by atoms with Crippen LogP contribution in [0.5, 0.6) is 23.0 Å². The van der Waals surface area contributed by atoms with E-state index in [2.05, 4.69) is 5.32 Å². The Bertz CT molecular complexity index is 1480. The highest BCUT2D eigenvalue weighted by Gasteiger charge is 2.45. The van der Waals surface area contributed by atoms with E-state index in [9.17, 15) is 9.59 Å². The largest absolute Gasteiger partial charge is 0.493 e. The molecule has 0 fully saturated rings. The van der Waals surface area contributed by atoms with E-state index >= 15 is 0 Å². The van der Waals surface area contributed by atoms with Crippen molar-refractivity contribution in [2.24, 2.45) is 0 Å². The molecule has 4 aromatic rings. The van der Waals surface area contributed by atoms with Gasteiger partial charge in [-0.2, -0.15) is 0 Å². The molecule has 2 aliphatic heterocycles. The summed E-state index contributed by atoms with van der Waals surface area (Å²) in [5.41, 5.74) is 0.778. The first kappa shape index (κ1) is 21.5. The van der Waals surface area contributed by atoms with Crippen molar-refractivity contribution in [3.05, 3.63) is 80.3 Å². The normalized spacial score (nSPS) is 17.7. The van der Waals surface area contributed by atoms with Crippen molar-refractivity contribution in [2.45, 2.75) is 18.4 Å². The molecule has 2 aromatic heterocycles. The molecule has 178 valence electrons. The molecular formula is C26H21NO7S. The van der Waals surface area contributed by atoms with Crippen LogP contribution in [-0.2, 0) is 11.2 Å². The van der Waals surface area contributed by atoms with Crippen molar-refractivity contribution in [2.75, 3.05) is 20.4 Å². The minimum Gasteiger partial charge on any atom is -0.493 e. The number of ether oxygens (including phenoxy) is 4. The van der Waals surface area contributed by atoms with Gasteiger partial charge in [0.25, 0.3) is 5.91 Å². The van der Waals surface area contributed by atoms with Crippen molar-refractivity contribution in [1.29, 1.82) is 0 Å². The van der Waals surface area contributed by atoms with Gasteiger partial charge in [-0.15, -0.1) is 11.3 Å². The van der Waals surface area contributed by atoms with Gasteiger partial charge in [0.2, 0.25) is 12.5 Å². The fourth-order valence-corrected chi connectivity index (χ4v) is 5.33. The van der Waals surface area contributed by atoms with Crippen LogP contribution < -0.4 is 29.9 Å². The molecule has 2 atom stereocenters. The molecule has 2 aliphatic rings. The van der Waals surface area contributed by atoms with Crippen LogP contribution >= 0.6 is 11.3 Å². The van der Waals surface area contributed by atoms with Crippen LogP contribution in [0.2, 0.25) is 0 Å². The Morgan fingerprint density at radius 1 is 1.14 bits per heavy atom. The summed E-state index contributed by atoms with van der Waals surface area (Å²) in [5.74, 6) is 0.731. The summed E-state index contributed by atoms with van der Waals surface area (Å²) in [4.78, 5) is 27.8. The Morgan fingerprint density at radius 3 is 2.86 bits per heavy atom. The van der Waals surface area contributed by atoms with Crippen molar-refractivity contribution < 1.29 is 28.2 Å². The van der Waals surface area contributed by atoms with Crippen molar-refractivity contribution in [3.63, 3.8) is 0 Å². The zero-order valence-corrected chi connectivity index (χ0v) is 19.6. The van der Waals surface area contributed by atoms with Crippen LogP contribution in [0.1, 0.15) is 21.9 Å². The highest BCUT2D eigenvalue weighted by atomic mass is 32.1. The second-order valence-electron chi connectivity index (χ2n) is 8.22. The van der Waals surface area contributed by atoms with E-state index in [1.165, 1.54) is 12.0 Å². The zero-order chi connectivity index (χ0) is 23.9. The molecule has 0 spiro atoms. The van der Waals surface area contributed by atoms with Gasteiger partial charge in [-0.1, -0.05) is 18.2 Å². The molecule has 0 saturated heterocycles. The smallest absolute Gasteiger partial charge is 0.344 e. The van der Waals surface area contributed by atoms with Gasteiger partial charge in [-0.3, -0.25) is 4.79 Å². The quantitative estimate of drug-likeness (QED) is 0.410. The summed E-state index contributed by atoms with van der Waals surface area (Å²) < 4.78 is 28.4. The second-order valence-corrected chi connectivity index (χ2v) is 9.25. The van der Waals surface area contributed by atoms with Gasteiger partial charge in [0.15, 0.2) is 17.6 Å². The number of hydrogen-bond donors (Lipinski definition) is 1. The summed E-state index contributed by atoms with van der Waals surface area (Å²) in [6, 6.07) is 14.6. The molecule has 0 bridgehead atoms. The maximum absolute atomic E-state index is 13.4. The van der Waals surface area contributed by atoms with E-state index in [1.807, 2.05) is 29.6 Å².